The summed E-state index contributed by atoms with van der Waals surface area (Å²) in [4.78, 5) is 25.1. The largest absolute Gasteiger partial charge is 0.490 e. The van der Waals surface area contributed by atoms with E-state index < -0.39 is 48.8 Å². The Morgan fingerprint density at radius 1 is 1.09 bits per heavy atom. The number of aliphatic hydroxyl groups excluding tert-OH is 1. The number of halogens is 3. The van der Waals surface area contributed by atoms with Crippen molar-refractivity contribution in [3.05, 3.63) is 65.0 Å². The van der Waals surface area contributed by atoms with E-state index in [1.165, 1.54) is 12.1 Å². The smallest absolute Gasteiger partial charge is 0.387 e. The Morgan fingerprint density at radius 3 is 2.29 bits per heavy atom. The molecule has 1 atom stereocenters. The van der Waals surface area contributed by atoms with Gasteiger partial charge < -0.3 is 19.7 Å². The van der Waals surface area contributed by atoms with Gasteiger partial charge in [-0.3, -0.25) is 14.5 Å². The van der Waals surface area contributed by atoms with Crippen molar-refractivity contribution in [2.75, 3.05) is 4.90 Å². The summed E-state index contributed by atoms with van der Waals surface area (Å²) in [7, 11) is 0. The highest BCUT2D eigenvalue weighted by molar-refractivity contribution is 6.17. The van der Waals surface area contributed by atoms with E-state index in [4.69, 9.17) is 14.6 Å². The highest BCUT2D eigenvalue weighted by Gasteiger charge is 2.44. The molecule has 0 bridgehead atoms. The van der Waals surface area contributed by atoms with Crippen LogP contribution < -0.4 is 14.4 Å². The van der Waals surface area contributed by atoms with Crippen molar-refractivity contribution in [3.8, 4) is 11.5 Å². The van der Waals surface area contributed by atoms with Crippen molar-refractivity contribution in [2.24, 2.45) is 0 Å². The number of hydrogen-bond donors (Lipinski definition) is 2. The Bertz CT molecular complexity index is 1290. The number of alkyl halides is 2. The fourth-order valence-electron chi connectivity index (χ4n) is 4.06. The van der Waals surface area contributed by atoms with Gasteiger partial charge in [0.1, 0.15) is 17.3 Å². The predicted octanol–water partition coefficient (Wildman–Crippen LogP) is 4.65. The van der Waals surface area contributed by atoms with Crippen LogP contribution in [0, 0.1) is 5.82 Å². The standard InChI is InChI=1S/C24H20F3NO6/c1-11(2)33-20-13-5-3-4-6-14(13)21(34-24(26)27)19-18(20)22(31)28(23(19)32)16-8-7-12(9-15(16)25)10-17(29)30/h3-9,11,22,24,31H,10H2,1-2H3,(H,29,30). The third-order valence-electron chi connectivity index (χ3n) is 5.28. The predicted molar refractivity (Wildman–Crippen MR) is 116 cm³/mol. The average molecular weight is 475 g/mol. The van der Waals surface area contributed by atoms with Crippen LogP contribution in [0.1, 0.15) is 41.6 Å². The minimum Gasteiger partial charge on any atom is -0.490 e. The zero-order chi connectivity index (χ0) is 24.7. The lowest BCUT2D eigenvalue weighted by Gasteiger charge is -2.23. The molecule has 7 nitrogen and oxygen atoms in total. The van der Waals surface area contributed by atoms with Crippen LogP contribution in [-0.2, 0) is 11.2 Å². The van der Waals surface area contributed by atoms with Gasteiger partial charge in [-0.1, -0.05) is 30.3 Å². The highest BCUT2D eigenvalue weighted by atomic mass is 19.3. The average Bonchev–Trinajstić information content (AvgIpc) is 3.00. The number of carbonyl (C=O) groups is 2. The summed E-state index contributed by atoms with van der Waals surface area (Å²) in [6, 6.07) is 9.64. The van der Waals surface area contributed by atoms with Crippen LogP contribution in [-0.4, -0.2) is 34.8 Å². The normalized spacial score (nSPS) is 15.4. The number of aliphatic carboxylic acids is 1. The Kier molecular flexibility index (Phi) is 6.09. The Labute approximate surface area is 191 Å². The van der Waals surface area contributed by atoms with E-state index >= 15 is 0 Å². The summed E-state index contributed by atoms with van der Waals surface area (Å²) < 4.78 is 52.2. The van der Waals surface area contributed by atoms with Gasteiger partial charge in [0.15, 0.2) is 6.23 Å². The van der Waals surface area contributed by atoms with Crippen LogP contribution in [0.2, 0.25) is 0 Å². The van der Waals surface area contributed by atoms with E-state index in [9.17, 15) is 27.9 Å². The van der Waals surface area contributed by atoms with Crippen LogP contribution in [0.5, 0.6) is 11.5 Å². The Balaban J connectivity index is 1.95. The number of carboxylic acids is 1. The molecule has 1 aliphatic rings. The van der Waals surface area contributed by atoms with Crippen molar-refractivity contribution >= 4 is 28.3 Å². The van der Waals surface area contributed by atoms with E-state index in [1.54, 1.807) is 32.0 Å². The van der Waals surface area contributed by atoms with Crippen molar-refractivity contribution in [1.29, 1.82) is 0 Å². The molecular formula is C24H20F3NO6. The maximum absolute atomic E-state index is 14.9. The van der Waals surface area contributed by atoms with Crippen LogP contribution in [0.4, 0.5) is 18.9 Å². The number of carbonyl (C=O) groups excluding carboxylic acids is 1. The van der Waals surface area contributed by atoms with Gasteiger partial charge in [0, 0.05) is 10.8 Å². The molecule has 2 N–H and O–H groups in total. The maximum atomic E-state index is 14.9. The first-order chi connectivity index (χ1) is 16.1. The van der Waals surface area contributed by atoms with E-state index in [0.29, 0.717) is 10.3 Å². The van der Waals surface area contributed by atoms with Gasteiger partial charge in [-0.2, -0.15) is 8.78 Å². The topological polar surface area (TPSA) is 96.3 Å². The fourth-order valence-corrected chi connectivity index (χ4v) is 4.06. The first kappa shape index (κ1) is 23.4. The van der Waals surface area contributed by atoms with Crippen LogP contribution in [0.3, 0.4) is 0 Å². The van der Waals surface area contributed by atoms with Crippen molar-refractivity contribution in [2.45, 2.75) is 39.2 Å². The maximum Gasteiger partial charge on any atom is 0.387 e. The number of rotatable bonds is 7. The lowest BCUT2D eigenvalue weighted by atomic mass is 9.98. The number of carboxylic acid groups (broad SMARTS) is 1. The zero-order valence-electron chi connectivity index (χ0n) is 18.1. The molecule has 0 saturated carbocycles. The summed E-state index contributed by atoms with van der Waals surface area (Å²) in [5.41, 5.74) is -0.702. The number of fused-ring (bicyclic) bond motifs is 2. The third-order valence-corrected chi connectivity index (χ3v) is 5.28. The molecule has 1 aliphatic heterocycles. The molecule has 1 heterocycles. The van der Waals surface area contributed by atoms with Crippen molar-refractivity contribution in [3.63, 3.8) is 0 Å². The van der Waals surface area contributed by atoms with Crippen LogP contribution in [0.15, 0.2) is 42.5 Å². The van der Waals surface area contributed by atoms with Crippen LogP contribution >= 0.6 is 0 Å². The molecule has 10 heteroatoms. The molecule has 0 fully saturated rings. The molecular weight excluding hydrogens is 455 g/mol. The molecule has 0 saturated heterocycles. The van der Waals surface area contributed by atoms with E-state index in [0.717, 1.165) is 12.1 Å². The van der Waals surface area contributed by atoms with Gasteiger partial charge >= 0.3 is 12.6 Å². The summed E-state index contributed by atoms with van der Waals surface area (Å²) in [5.74, 6) is -3.47. The van der Waals surface area contributed by atoms with Gasteiger partial charge in [-0.25, -0.2) is 4.39 Å². The molecule has 3 aromatic carbocycles. The molecule has 0 aliphatic carbocycles. The zero-order valence-corrected chi connectivity index (χ0v) is 18.1. The Morgan fingerprint density at radius 2 is 1.74 bits per heavy atom. The molecule has 1 unspecified atom stereocenters. The van der Waals surface area contributed by atoms with Gasteiger partial charge in [-0.05, 0) is 31.5 Å². The number of ether oxygens (including phenoxy) is 2. The molecule has 1 amide bonds. The molecule has 0 spiro atoms. The highest BCUT2D eigenvalue weighted by Crippen LogP contribution is 2.50. The lowest BCUT2D eigenvalue weighted by molar-refractivity contribution is -0.136. The van der Waals surface area contributed by atoms with Gasteiger partial charge in [0.05, 0.1) is 29.3 Å². The van der Waals surface area contributed by atoms with Gasteiger partial charge in [0.2, 0.25) is 0 Å². The van der Waals surface area contributed by atoms with E-state index in [-0.39, 0.29) is 33.5 Å². The van der Waals surface area contributed by atoms with Gasteiger partial charge in [-0.15, -0.1) is 0 Å². The Hall–Kier alpha value is -3.79. The summed E-state index contributed by atoms with van der Waals surface area (Å²) in [6.07, 6.45) is -2.63. The van der Waals surface area contributed by atoms with Gasteiger partial charge in [0.25, 0.3) is 5.91 Å². The SMILES string of the molecule is CC(C)Oc1c2c(c(OC(F)F)c3ccccc13)C(=O)N(c1ccc(CC(=O)O)cc1F)C2O. The number of anilines is 1. The molecule has 4 rings (SSSR count). The second kappa shape index (κ2) is 8.86. The minimum atomic E-state index is -3.27. The lowest BCUT2D eigenvalue weighted by Crippen LogP contribution is -2.28. The first-order valence-corrected chi connectivity index (χ1v) is 10.3. The van der Waals surface area contributed by atoms with E-state index in [2.05, 4.69) is 0 Å². The van der Waals surface area contributed by atoms with E-state index in [1.807, 2.05) is 0 Å². The quantitative estimate of drug-likeness (QED) is 0.517. The third kappa shape index (κ3) is 4.01. The monoisotopic (exact) mass is 475 g/mol. The van der Waals surface area contributed by atoms with Crippen molar-refractivity contribution in [1.82, 2.24) is 0 Å². The fraction of sp³-hybridized carbons (Fsp3) is 0.250. The first-order valence-electron chi connectivity index (χ1n) is 10.3. The molecule has 0 aromatic heterocycles. The van der Waals surface area contributed by atoms with Crippen LogP contribution in [0.25, 0.3) is 10.8 Å². The summed E-state index contributed by atoms with van der Waals surface area (Å²) in [5, 5.41) is 20.6. The number of nitrogens with zero attached hydrogens (tertiary/aromatic N) is 1. The summed E-state index contributed by atoms with van der Waals surface area (Å²) in [6.45, 7) is 0.161. The minimum absolute atomic E-state index is 0.0912. The number of amides is 1. The molecule has 178 valence electrons. The van der Waals surface area contributed by atoms with Crippen molar-refractivity contribution < 1.29 is 42.4 Å². The molecule has 34 heavy (non-hydrogen) atoms. The second-order valence-corrected chi connectivity index (χ2v) is 7.94. The molecule has 0 radical (unpaired) electrons. The number of aliphatic hydroxyl groups is 1. The number of hydrogen-bond acceptors (Lipinski definition) is 5. The molecule has 3 aromatic rings. The summed E-state index contributed by atoms with van der Waals surface area (Å²) >= 11 is 0. The second-order valence-electron chi connectivity index (χ2n) is 7.94. The number of benzene rings is 3.